The minimum atomic E-state index is -1.69. The van der Waals surface area contributed by atoms with E-state index in [2.05, 4.69) is 0 Å². The van der Waals surface area contributed by atoms with Gasteiger partial charge in [-0.15, -0.1) is 0 Å². The summed E-state index contributed by atoms with van der Waals surface area (Å²) >= 11 is 0. The van der Waals surface area contributed by atoms with Crippen molar-refractivity contribution in [3.05, 3.63) is 11.6 Å². The van der Waals surface area contributed by atoms with Gasteiger partial charge in [-0.1, -0.05) is 0 Å². The first-order valence-corrected chi connectivity index (χ1v) is 4.52. The molecule has 0 spiro atoms. The Morgan fingerprint density at radius 2 is 1.94 bits per heavy atom. The Morgan fingerprint density at radius 1 is 1.35 bits per heavy atom. The number of rotatable bonds is 4. The van der Waals surface area contributed by atoms with E-state index in [0.717, 1.165) is 0 Å². The average molecular weight is 243 g/mol. The number of carbonyl (C=O) groups excluding carboxylic acids is 2. The highest BCUT2D eigenvalue weighted by Crippen LogP contribution is 2.16. The zero-order valence-electron chi connectivity index (χ0n) is 8.49. The fourth-order valence-electron chi connectivity index (χ4n) is 1.38. The molecule has 17 heavy (non-hydrogen) atoms. The van der Waals surface area contributed by atoms with E-state index in [-0.39, 0.29) is 0 Å². The minimum absolute atomic E-state index is 0.342. The minimum Gasteiger partial charge on any atom is -0.480 e. The molecular formula is C9H9NO7. The number of nitrogens with zero attached hydrogens (tertiary/aromatic N) is 1. The third kappa shape index (κ3) is 2.48. The standard InChI is InChI=1S/C9H9NO7/c11-3-5(9(16)17)10-6(12)1-4(8(14)15)2-7(10)13/h1,5,11H,2-3H2,(H,14,15)(H,16,17). The van der Waals surface area contributed by atoms with Crippen LogP contribution in [0.2, 0.25) is 0 Å². The van der Waals surface area contributed by atoms with Gasteiger partial charge in [0, 0.05) is 6.08 Å². The fourth-order valence-corrected chi connectivity index (χ4v) is 1.38. The highest BCUT2D eigenvalue weighted by Gasteiger charge is 2.37. The smallest absolute Gasteiger partial charge is 0.332 e. The summed E-state index contributed by atoms with van der Waals surface area (Å²) in [7, 11) is 0. The molecule has 0 aliphatic carbocycles. The van der Waals surface area contributed by atoms with E-state index in [0.29, 0.717) is 11.0 Å². The van der Waals surface area contributed by atoms with E-state index < -0.39 is 48.4 Å². The molecule has 0 aromatic heterocycles. The van der Waals surface area contributed by atoms with E-state index in [1.165, 1.54) is 0 Å². The lowest BCUT2D eigenvalue weighted by Gasteiger charge is -2.27. The van der Waals surface area contributed by atoms with Crippen LogP contribution in [0.3, 0.4) is 0 Å². The van der Waals surface area contributed by atoms with Gasteiger partial charge in [0.25, 0.3) is 5.91 Å². The molecule has 1 atom stereocenters. The van der Waals surface area contributed by atoms with Gasteiger partial charge in [0.1, 0.15) is 0 Å². The molecule has 0 bridgehead atoms. The Morgan fingerprint density at radius 3 is 2.29 bits per heavy atom. The number of carboxylic acid groups (broad SMARTS) is 2. The highest BCUT2D eigenvalue weighted by molar-refractivity contribution is 6.12. The van der Waals surface area contributed by atoms with Crippen LogP contribution in [0, 0.1) is 0 Å². The first-order chi connectivity index (χ1) is 7.88. The first-order valence-electron chi connectivity index (χ1n) is 4.52. The fraction of sp³-hybridized carbons (Fsp3) is 0.333. The molecule has 0 saturated carbocycles. The van der Waals surface area contributed by atoms with Crippen LogP contribution in [0.1, 0.15) is 6.42 Å². The SMILES string of the molecule is O=C(O)C1=CC(=O)N(C(CO)C(=O)O)C(=O)C1. The molecule has 1 rings (SSSR count). The molecule has 8 heteroatoms. The molecule has 8 nitrogen and oxygen atoms in total. The van der Waals surface area contributed by atoms with Gasteiger partial charge in [-0.3, -0.25) is 14.5 Å². The average Bonchev–Trinajstić information content (AvgIpc) is 2.22. The van der Waals surface area contributed by atoms with E-state index in [9.17, 15) is 19.2 Å². The van der Waals surface area contributed by atoms with Crippen molar-refractivity contribution in [2.75, 3.05) is 6.61 Å². The molecule has 1 unspecified atom stereocenters. The predicted octanol–water partition coefficient (Wildman–Crippen LogP) is -1.80. The molecule has 0 fully saturated rings. The van der Waals surface area contributed by atoms with Crippen molar-refractivity contribution in [2.24, 2.45) is 0 Å². The number of carboxylic acids is 2. The van der Waals surface area contributed by atoms with Crippen molar-refractivity contribution in [2.45, 2.75) is 12.5 Å². The third-order valence-corrected chi connectivity index (χ3v) is 2.19. The summed E-state index contributed by atoms with van der Waals surface area (Å²) in [5.41, 5.74) is -0.404. The zero-order chi connectivity index (χ0) is 13.2. The van der Waals surface area contributed by atoms with Crippen molar-refractivity contribution < 1.29 is 34.5 Å². The summed E-state index contributed by atoms with van der Waals surface area (Å²) in [6.45, 7) is -0.928. The molecule has 2 amide bonds. The van der Waals surface area contributed by atoms with Gasteiger partial charge in [0.15, 0.2) is 6.04 Å². The molecule has 1 aliphatic rings. The first kappa shape index (κ1) is 12.8. The number of amides is 2. The van der Waals surface area contributed by atoms with Gasteiger partial charge in [-0.25, -0.2) is 9.59 Å². The van der Waals surface area contributed by atoms with Crippen molar-refractivity contribution >= 4 is 23.8 Å². The monoisotopic (exact) mass is 243 g/mol. The number of aliphatic hydroxyl groups is 1. The lowest BCUT2D eigenvalue weighted by Crippen LogP contribution is -2.52. The number of hydrogen-bond donors (Lipinski definition) is 3. The van der Waals surface area contributed by atoms with Gasteiger partial charge >= 0.3 is 11.9 Å². The summed E-state index contributed by atoms with van der Waals surface area (Å²) in [4.78, 5) is 44.5. The van der Waals surface area contributed by atoms with Crippen LogP contribution in [0.5, 0.6) is 0 Å². The van der Waals surface area contributed by atoms with Crippen molar-refractivity contribution in [1.29, 1.82) is 0 Å². The van der Waals surface area contributed by atoms with Gasteiger partial charge in [-0.2, -0.15) is 0 Å². The third-order valence-electron chi connectivity index (χ3n) is 2.19. The molecular weight excluding hydrogens is 234 g/mol. The van der Waals surface area contributed by atoms with Crippen LogP contribution in [0.25, 0.3) is 0 Å². The molecule has 92 valence electrons. The molecule has 0 saturated heterocycles. The van der Waals surface area contributed by atoms with Gasteiger partial charge in [0.05, 0.1) is 18.6 Å². The van der Waals surface area contributed by atoms with Crippen molar-refractivity contribution in [3.63, 3.8) is 0 Å². The number of carbonyl (C=O) groups is 4. The zero-order valence-corrected chi connectivity index (χ0v) is 8.49. The Hall–Kier alpha value is -2.22. The molecule has 1 aliphatic heterocycles. The van der Waals surface area contributed by atoms with Gasteiger partial charge in [0.2, 0.25) is 5.91 Å². The predicted molar refractivity (Wildman–Crippen MR) is 50.7 cm³/mol. The molecule has 1 heterocycles. The van der Waals surface area contributed by atoms with Gasteiger partial charge < -0.3 is 15.3 Å². The molecule has 0 radical (unpaired) electrons. The van der Waals surface area contributed by atoms with Crippen molar-refractivity contribution in [3.8, 4) is 0 Å². The summed E-state index contributed by atoms with van der Waals surface area (Å²) < 4.78 is 0. The lowest BCUT2D eigenvalue weighted by atomic mass is 10.1. The Labute approximate surface area is 94.8 Å². The largest absolute Gasteiger partial charge is 0.480 e. The molecule has 0 aromatic rings. The van der Waals surface area contributed by atoms with Crippen LogP contribution in [-0.2, 0) is 19.2 Å². The second-order valence-electron chi connectivity index (χ2n) is 3.29. The van der Waals surface area contributed by atoms with Crippen LogP contribution < -0.4 is 0 Å². The highest BCUT2D eigenvalue weighted by atomic mass is 16.4. The maximum Gasteiger partial charge on any atom is 0.332 e. The van der Waals surface area contributed by atoms with Crippen LogP contribution in [0.15, 0.2) is 11.6 Å². The van der Waals surface area contributed by atoms with Crippen LogP contribution in [0.4, 0.5) is 0 Å². The quantitative estimate of drug-likeness (QED) is 0.496. The maximum absolute atomic E-state index is 11.5. The summed E-state index contributed by atoms with van der Waals surface area (Å²) in [6, 6.07) is -1.69. The maximum atomic E-state index is 11.5. The van der Waals surface area contributed by atoms with Crippen LogP contribution >= 0.6 is 0 Å². The Kier molecular flexibility index (Phi) is 3.59. The summed E-state index contributed by atoms with van der Waals surface area (Å²) in [5, 5.41) is 26.1. The van der Waals surface area contributed by atoms with E-state index in [1.807, 2.05) is 0 Å². The Balaban J connectivity index is 3.05. The molecule has 0 aromatic carbocycles. The molecule has 3 N–H and O–H groups in total. The van der Waals surface area contributed by atoms with Crippen molar-refractivity contribution in [1.82, 2.24) is 4.90 Å². The number of aliphatic carboxylic acids is 2. The second-order valence-corrected chi connectivity index (χ2v) is 3.29. The second kappa shape index (κ2) is 4.74. The van der Waals surface area contributed by atoms with Crippen LogP contribution in [-0.4, -0.2) is 56.6 Å². The summed E-state index contributed by atoms with van der Waals surface area (Å²) in [6.07, 6.45) is 0.0974. The van der Waals surface area contributed by atoms with E-state index in [1.54, 1.807) is 0 Å². The van der Waals surface area contributed by atoms with E-state index in [4.69, 9.17) is 15.3 Å². The topological polar surface area (TPSA) is 132 Å². The van der Waals surface area contributed by atoms with E-state index >= 15 is 0 Å². The normalized spacial score (nSPS) is 17.7. The number of hydrogen-bond acceptors (Lipinski definition) is 5. The lowest BCUT2D eigenvalue weighted by molar-refractivity contribution is -0.158. The number of imide groups is 1. The Bertz CT molecular complexity index is 425. The number of aliphatic hydroxyl groups excluding tert-OH is 1. The van der Waals surface area contributed by atoms with Gasteiger partial charge in [-0.05, 0) is 0 Å². The summed E-state index contributed by atoms with van der Waals surface area (Å²) in [5.74, 6) is -4.97.